The van der Waals surface area contributed by atoms with Gasteiger partial charge in [0.05, 0.1) is 18.2 Å². The van der Waals surface area contributed by atoms with E-state index >= 15 is 0 Å². The summed E-state index contributed by atoms with van der Waals surface area (Å²) in [6.45, 7) is 2.77. The summed E-state index contributed by atoms with van der Waals surface area (Å²) in [6.07, 6.45) is 0. The second-order valence-corrected chi connectivity index (χ2v) is 5.42. The van der Waals surface area contributed by atoms with Crippen molar-refractivity contribution in [2.75, 3.05) is 13.2 Å². The number of aliphatic hydroxyl groups excluding tert-OH is 1. The van der Waals surface area contributed by atoms with Crippen LogP contribution in [0.2, 0.25) is 5.02 Å². The summed E-state index contributed by atoms with van der Waals surface area (Å²) in [7, 11) is 0. The van der Waals surface area contributed by atoms with Crippen LogP contribution in [-0.2, 0) is 13.2 Å². The molecule has 2 aromatic rings. The van der Waals surface area contributed by atoms with E-state index in [1.54, 1.807) is 17.7 Å². The molecule has 0 atom stereocenters. The van der Waals surface area contributed by atoms with E-state index in [4.69, 9.17) is 26.2 Å². The van der Waals surface area contributed by atoms with E-state index in [9.17, 15) is 4.79 Å². The maximum absolute atomic E-state index is 11.6. The summed E-state index contributed by atoms with van der Waals surface area (Å²) in [6, 6.07) is 5.09. The molecule has 1 aliphatic heterocycles. The van der Waals surface area contributed by atoms with Crippen LogP contribution in [0.3, 0.4) is 0 Å². The first-order valence-electron chi connectivity index (χ1n) is 6.85. The number of aliphatic hydroxyl groups is 1. The van der Waals surface area contributed by atoms with Gasteiger partial charge in [-0.3, -0.25) is 9.48 Å². The molecule has 2 heterocycles. The Morgan fingerprint density at radius 2 is 2.09 bits per heavy atom. The molecule has 6 nitrogen and oxygen atoms in total. The van der Waals surface area contributed by atoms with Gasteiger partial charge in [-0.25, -0.2) is 0 Å². The lowest BCUT2D eigenvalue weighted by Gasteiger charge is -2.20. The molecule has 1 aromatic carbocycles. The third kappa shape index (κ3) is 2.80. The lowest BCUT2D eigenvalue weighted by molar-refractivity contribution is 0.171. The van der Waals surface area contributed by atoms with Crippen molar-refractivity contribution >= 4 is 11.6 Å². The lowest BCUT2D eigenvalue weighted by atomic mass is 10.2. The number of rotatable bonds is 3. The fourth-order valence-electron chi connectivity index (χ4n) is 2.32. The summed E-state index contributed by atoms with van der Waals surface area (Å²) < 4.78 is 12.7. The second-order valence-electron chi connectivity index (χ2n) is 5.01. The molecule has 0 saturated carbocycles. The maximum atomic E-state index is 11.6. The molecule has 1 aliphatic rings. The van der Waals surface area contributed by atoms with E-state index in [1.807, 2.05) is 6.07 Å². The first kappa shape index (κ1) is 14.9. The molecular formula is C15H15ClN2O4. The Morgan fingerprint density at radius 1 is 1.32 bits per heavy atom. The summed E-state index contributed by atoms with van der Waals surface area (Å²) in [5, 5.41) is 13.8. The summed E-state index contributed by atoms with van der Waals surface area (Å²) in [5.41, 5.74) is 1.43. The number of ether oxygens (including phenoxy) is 2. The van der Waals surface area contributed by atoms with E-state index < -0.39 is 0 Å². The van der Waals surface area contributed by atoms with E-state index in [0.29, 0.717) is 42.0 Å². The van der Waals surface area contributed by atoms with Gasteiger partial charge < -0.3 is 14.6 Å². The molecule has 0 bridgehead atoms. The van der Waals surface area contributed by atoms with Gasteiger partial charge in [0, 0.05) is 11.8 Å². The molecule has 1 N–H and O–H groups in total. The van der Waals surface area contributed by atoms with Crippen molar-refractivity contribution in [3.8, 4) is 11.5 Å². The molecule has 1 aromatic heterocycles. The molecule has 116 valence electrons. The maximum Gasteiger partial charge on any atom is 0.206 e. The number of fused-ring (bicyclic) bond motifs is 1. The third-order valence-electron chi connectivity index (χ3n) is 3.41. The Bertz CT molecular complexity index is 773. The van der Waals surface area contributed by atoms with Gasteiger partial charge in [0.25, 0.3) is 0 Å². The Kier molecular flexibility index (Phi) is 4.04. The molecule has 0 unspecified atom stereocenters. The number of aryl methyl sites for hydroxylation is 1. The van der Waals surface area contributed by atoms with Crippen molar-refractivity contribution in [2.24, 2.45) is 0 Å². The molecule has 0 radical (unpaired) electrons. The van der Waals surface area contributed by atoms with Crippen LogP contribution in [0.15, 0.2) is 23.0 Å². The van der Waals surface area contributed by atoms with Crippen LogP contribution in [0.1, 0.15) is 17.0 Å². The molecular weight excluding hydrogens is 308 g/mol. The largest absolute Gasteiger partial charge is 0.486 e. The molecule has 0 amide bonds. The van der Waals surface area contributed by atoms with Gasteiger partial charge in [0.1, 0.15) is 18.9 Å². The van der Waals surface area contributed by atoms with Gasteiger partial charge in [-0.2, -0.15) is 5.10 Å². The van der Waals surface area contributed by atoms with Crippen molar-refractivity contribution < 1.29 is 14.6 Å². The number of hydrogen-bond donors (Lipinski definition) is 1. The van der Waals surface area contributed by atoms with Crippen molar-refractivity contribution in [1.82, 2.24) is 9.78 Å². The number of hydrogen-bond acceptors (Lipinski definition) is 5. The van der Waals surface area contributed by atoms with Crippen LogP contribution in [0.4, 0.5) is 0 Å². The van der Waals surface area contributed by atoms with Crippen LogP contribution in [0.5, 0.6) is 11.5 Å². The predicted molar refractivity (Wildman–Crippen MR) is 80.7 cm³/mol. The molecule has 7 heteroatoms. The van der Waals surface area contributed by atoms with E-state index in [0.717, 1.165) is 5.56 Å². The predicted octanol–water partition coefficient (Wildman–Crippen LogP) is 1.52. The van der Waals surface area contributed by atoms with Crippen LogP contribution < -0.4 is 14.9 Å². The van der Waals surface area contributed by atoms with Gasteiger partial charge in [-0.05, 0) is 24.6 Å². The minimum Gasteiger partial charge on any atom is -0.486 e. The monoisotopic (exact) mass is 322 g/mol. The van der Waals surface area contributed by atoms with Gasteiger partial charge >= 0.3 is 0 Å². The van der Waals surface area contributed by atoms with Crippen molar-refractivity contribution in [3.63, 3.8) is 0 Å². The fraction of sp³-hybridized carbons (Fsp3) is 0.333. The first-order chi connectivity index (χ1) is 10.6. The van der Waals surface area contributed by atoms with E-state index in [-0.39, 0.29) is 17.7 Å². The average molecular weight is 323 g/mol. The molecule has 22 heavy (non-hydrogen) atoms. The highest BCUT2D eigenvalue weighted by Crippen LogP contribution is 2.38. The highest BCUT2D eigenvalue weighted by atomic mass is 35.5. The number of benzene rings is 1. The topological polar surface area (TPSA) is 73.6 Å². The molecule has 0 saturated heterocycles. The normalized spacial score (nSPS) is 13.2. The van der Waals surface area contributed by atoms with Gasteiger partial charge in [-0.15, -0.1) is 0 Å². The van der Waals surface area contributed by atoms with E-state index in [2.05, 4.69) is 5.10 Å². The zero-order valence-corrected chi connectivity index (χ0v) is 12.8. The number of halogens is 1. The smallest absolute Gasteiger partial charge is 0.206 e. The summed E-state index contributed by atoms with van der Waals surface area (Å²) in [5.74, 6) is 1.16. The fourth-order valence-corrected chi connectivity index (χ4v) is 2.61. The number of nitrogens with zero attached hydrogens (tertiary/aromatic N) is 2. The Hall–Kier alpha value is -2.05. The van der Waals surface area contributed by atoms with Crippen LogP contribution in [0.25, 0.3) is 0 Å². The van der Waals surface area contributed by atoms with Crippen molar-refractivity contribution in [1.29, 1.82) is 0 Å². The van der Waals surface area contributed by atoms with Crippen molar-refractivity contribution in [3.05, 3.63) is 50.4 Å². The molecule has 0 spiro atoms. The highest BCUT2D eigenvalue weighted by molar-refractivity contribution is 6.32. The van der Waals surface area contributed by atoms with Crippen LogP contribution in [0, 0.1) is 6.92 Å². The summed E-state index contributed by atoms with van der Waals surface area (Å²) >= 11 is 6.21. The minimum atomic E-state index is -0.388. The second kappa shape index (κ2) is 5.98. The number of aromatic nitrogens is 2. The summed E-state index contributed by atoms with van der Waals surface area (Å²) in [4.78, 5) is 11.6. The SMILES string of the molecule is Cc1cc(=O)c(CO)nn1Cc1cc(Cl)c2c(c1)OCCO2. The van der Waals surface area contributed by atoms with Gasteiger partial charge in [-0.1, -0.05) is 11.6 Å². The Morgan fingerprint density at radius 3 is 2.86 bits per heavy atom. The van der Waals surface area contributed by atoms with Crippen LogP contribution >= 0.6 is 11.6 Å². The average Bonchev–Trinajstić information content (AvgIpc) is 2.50. The standard InChI is InChI=1S/C15H15ClN2O4/c1-9-4-13(20)12(8-19)17-18(9)7-10-5-11(16)15-14(6-10)21-2-3-22-15/h4-6,19H,2-3,7-8H2,1H3. The van der Waals surface area contributed by atoms with Gasteiger partial charge in [0.15, 0.2) is 11.5 Å². The Labute approximate surface area is 131 Å². The minimum absolute atomic E-state index is 0.120. The zero-order valence-electron chi connectivity index (χ0n) is 12.0. The Balaban J connectivity index is 1.97. The van der Waals surface area contributed by atoms with Crippen LogP contribution in [-0.4, -0.2) is 28.1 Å². The lowest BCUT2D eigenvalue weighted by Crippen LogP contribution is -2.20. The third-order valence-corrected chi connectivity index (χ3v) is 3.69. The van der Waals surface area contributed by atoms with Crippen molar-refractivity contribution in [2.45, 2.75) is 20.1 Å². The quantitative estimate of drug-likeness (QED) is 0.927. The molecule has 0 aliphatic carbocycles. The highest BCUT2D eigenvalue weighted by Gasteiger charge is 2.17. The molecule has 0 fully saturated rings. The van der Waals surface area contributed by atoms with E-state index in [1.165, 1.54) is 6.07 Å². The zero-order chi connectivity index (χ0) is 15.7. The van der Waals surface area contributed by atoms with Gasteiger partial charge in [0.2, 0.25) is 5.43 Å². The first-order valence-corrected chi connectivity index (χ1v) is 7.23. The molecule has 3 rings (SSSR count).